The van der Waals surface area contributed by atoms with Crippen molar-refractivity contribution in [3.63, 3.8) is 0 Å². The molecule has 3 nitrogen and oxygen atoms in total. The second kappa shape index (κ2) is 2.76. The Labute approximate surface area is 91.9 Å². The van der Waals surface area contributed by atoms with Crippen molar-refractivity contribution < 1.29 is 4.63 Å². The van der Waals surface area contributed by atoms with Crippen LogP contribution >= 0.6 is 11.6 Å². The largest absolute Gasteiger partial charge is 0.222 e. The summed E-state index contributed by atoms with van der Waals surface area (Å²) in [5, 5.41) is 5.24. The fourth-order valence-corrected chi connectivity index (χ4v) is 2.16. The Bertz CT molecular complexity index is 663. The van der Waals surface area contributed by atoms with Crippen molar-refractivity contribution in [2.45, 2.75) is 13.8 Å². The molecule has 0 unspecified atom stereocenters. The molecule has 2 aromatic heterocycles. The zero-order valence-electron chi connectivity index (χ0n) is 8.53. The summed E-state index contributed by atoms with van der Waals surface area (Å²) in [5.41, 5.74) is 4.30. The van der Waals surface area contributed by atoms with Gasteiger partial charge in [0.05, 0.1) is 0 Å². The third-order valence-electron chi connectivity index (χ3n) is 2.62. The Balaban J connectivity index is 2.61. The van der Waals surface area contributed by atoms with Crippen LogP contribution < -0.4 is 9.73 Å². The maximum Gasteiger partial charge on any atom is 0.199 e. The summed E-state index contributed by atoms with van der Waals surface area (Å²) in [6.45, 7) is 4.11. The quantitative estimate of drug-likeness (QED) is 0.530. The molecule has 0 radical (unpaired) electrons. The molecule has 0 saturated heterocycles. The van der Waals surface area contributed by atoms with Crippen LogP contribution in [0.25, 0.3) is 11.0 Å². The van der Waals surface area contributed by atoms with Gasteiger partial charge in [0.25, 0.3) is 0 Å². The first-order chi connectivity index (χ1) is 7.16. The molecular formula is C11H10ClN3. The van der Waals surface area contributed by atoms with Crippen molar-refractivity contribution in [2.24, 2.45) is 0 Å². The monoisotopic (exact) mass is 219 g/mol. The number of rotatable bonds is 0. The summed E-state index contributed by atoms with van der Waals surface area (Å²) in [6.07, 6.45) is 0. The predicted octanol–water partition coefficient (Wildman–Crippen LogP) is 1.91. The highest BCUT2D eigenvalue weighted by atomic mass is 35.5. The van der Waals surface area contributed by atoms with Crippen LogP contribution in [0.15, 0.2) is 24.3 Å². The van der Waals surface area contributed by atoms with Crippen molar-refractivity contribution in [1.29, 1.82) is 0 Å². The molecule has 0 saturated carbocycles. The van der Waals surface area contributed by atoms with Gasteiger partial charge < -0.3 is 0 Å². The number of benzene rings is 1. The van der Waals surface area contributed by atoms with Crippen LogP contribution in [0.2, 0.25) is 5.02 Å². The van der Waals surface area contributed by atoms with Crippen LogP contribution in [0.1, 0.15) is 11.4 Å². The van der Waals surface area contributed by atoms with Gasteiger partial charge in [0.1, 0.15) is 0 Å². The van der Waals surface area contributed by atoms with Gasteiger partial charge in [0, 0.05) is 29.0 Å². The molecule has 0 spiro atoms. The number of halogens is 1. The molecule has 0 aliphatic carbocycles. The molecule has 0 aliphatic heterocycles. The first kappa shape index (κ1) is 8.80. The van der Waals surface area contributed by atoms with Crippen LogP contribution in [0.4, 0.5) is 0 Å². The molecule has 0 fully saturated rings. The Morgan fingerprint density at radius 2 is 2.07 bits per heavy atom. The van der Waals surface area contributed by atoms with E-state index in [4.69, 9.17) is 11.6 Å². The first-order valence-electron chi connectivity index (χ1n) is 4.80. The van der Waals surface area contributed by atoms with Crippen LogP contribution in [-0.4, -0.2) is 4.52 Å². The van der Waals surface area contributed by atoms with E-state index in [1.54, 1.807) is 0 Å². The third kappa shape index (κ3) is 1.10. The average molecular weight is 220 g/mol. The van der Waals surface area contributed by atoms with Crippen molar-refractivity contribution in [3.8, 4) is 0 Å². The van der Waals surface area contributed by atoms with Gasteiger partial charge in [-0.25, -0.2) is 4.52 Å². The number of hydrogen-bond donors (Lipinski definition) is 0. The van der Waals surface area contributed by atoms with Crippen molar-refractivity contribution in [1.82, 2.24) is 9.61 Å². The molecule has 2 heterocycles. The summed E-state index contributed by atoms with van der Waals surface area (Å²) < 4.78 is 3.97. The Morgan fingerprint density at radius 3 is 2.87 bits per heavy atom. The fourth-order valence-electron chi connectivity index (χ4n) is 2.00. The van der Waals surface area contributed by atoms with Gasteiger partial charge in [-0.1, -0.05) is 17.7 Å². The minimum absolute atomic E-state index is 0.739. The summed E-state index contributed by atoms with van der Waals surface area (Å²) >= 11 is 5.98. The van der Waals surface area contributed by atoms with Crippen LogP contribution in [-0.2, 0) is 0 Å². The van der Waals surface area contributed by atoms with E-state index in [0.29, 0.717) is 0 Å². The van der Waals surface area contributed by atoms with E-state index in [2.05, 4.69) is 22.6 Å². The van der Waals surface area contributed by atoms with E-state index in [0.717, 1.165) is 27.4 Å². The van der Waals surface area contributed by atoms with E-state index in [-0.39, 0.29) is 0 Å². The molecule has 0 N–H and O–H groups in total. The van der Waals surface area contributed by atoms with Gasteiger partial charge in [-0.2, -0.15) is 5.10 Å². The smallest absolute Gasteiger partial charge is 0.199 e. The van der Waals surface area contributed by atoms with Crippen molar-refractivity contribution >= 4 is 22.6 Å². The van der Waals surface area contributed by atoms with E-state index < -0.39 is 0 Å². The standard InChI is InChI=1S/C11H10ClN3/c1-7-5-8(2)15-13-10-4-3-9(12)6-11(10)14(7)15/h3-6H,1-2H3. The summed E-state index contributed by atoms with van der Waals surface area (Å²) in [6, 6.07) is 7.85. The van der Waals surface area contributed by atoms with Crippen LogP contribution in [0.3, 0.4) is 0 Å². The van der Waals surface area contributed by atoms with E-state index in [9.17, 15) is 0 Å². The summed E-state index contributed by atoms with van der Waals surface area (Å²) in [4.78, 5) is 0. The normalized spacial score (nSPS) is 11.7. The molecule has 4 heteroatoms. The maximum atomic E-state index is 5.98. The highest BCUT2D eigenvalue weighted by Crippen LogP contribution is 2.17. The Hall–Kier alpha value is -1.48. The SMILES string of the molecule is Cc1cc(C)[n+]2[n-]c3ccc(Cl)cc3n12. The number of nitrogens with zero attached hydrogens (tertiary/aromatic N) is 3. The van der Waals surface area contributed by atoms with E-state index >= 15 is 0 Å². The minimum atomic E-state index is 0.739. The lowest BCUT2D eigenvalue weighted by Crippen LogP contribution is -2.32. The highest BCUT2D eigenvalue weighted by Gasteiger charge is 2.09. The molecule has 15 heavy (non-hydrogen) atoms. The Kier molecular flexibility index (Phi) is 1.62. The molecule has 3 rings (SSSR count). The zero-order valence-corrected chi connectivity index (χ0v) is 9.28. The molecule has 0 amide bonds. The lowest BCUT2D eigenvalue weighted by molar-refractivity contribution is -0.680. The molecule has 0 atom stereocenters. The fraction of sp³-hybridized carbons (Fsp3) is 0.182. The third-order valence-corrected chi connectivity index (χ3v) is 2.86. The predicted molar refractivity (Wildman–Crippen MR) is 58.4 cm³/mol. The molecule has 0 bridgehead atoms. The number of hydrogen-bond acceptors (Lipinski definition) is 0. The van der Waals surface area contributed by atoms with Crippen LogP contribution in [0.5, 0.6) is 0 Å². The second-order valence-corrected chi connectivity index (χ2v) is 4.20. The number of fused-ring (bicyclic) bond motifs is 3. The lowest BCUT2D eigenvalue weighted by atomic mass is 10.3. The van der Waals surface area contributed by atoms with E-state index in [1.165, 1.54) is 0 Å². The zero-order chi connectivity index (χ0) is 10.6. The molecule has 76 valence electrons. The summed E-state index contributed by atoms with van der Waals surface area (Å²) in [7, 11) is 0. The van der Waals surface area contributed by atoms with Gasteiger partial charge in [-0.3, -0.25) is 0 Å². The van der Waals surface area contributed by atoms with Gasteiger partial charge in [0.15, 0.2) is 5.69 Å². The lowest BCUT2D eigenvalue weighted by Gasteiger charge is -1.95. The molecule has 0 aliphatic rings. The van der Waals surface area contributed by atoms with Gasteiger partial charge in [0.2, 0.25) is 0 Å². The van der Waals surface area contributed by atoms with Gasteiger partial charge in [-0.15, -0.1) is 4.63 Å². The maximum absolute atomic E-state index is 5.98. The minimum Gasteiger partial charge on any atom is -0.222 e. The second-order valence-electron chi connectivity index (χ2n) is 3.76. The van der Waals surface area contributed by atoms with Crippen LogP contribution in [0, 0.1) is 13.8 Å². The Morgan fingerprint density at radius 1 is 1.27 bits per heavy atom. The van der Waals surface area contributed by atoms with Gasteiger partial charge >= 0.3 is 0 Å². The van der Waals surface area contributed by atoms with Crippen molar-refractivity contribution in [2.75, 3.05) is 0 Å². The first-order valence-corrected chi connectivity index (χ1v) is 5.18. The van der Waals surface area contributed by atoms with Crippen molar-refractivity contribution in [3.05, 3.63) is 40.7 Å². The molecule has 1 aromatic carbocycles. The number of aromatic nitrogens is 3. The van der Waals surface area contributed by atoms with Gasteiger partial charge in [-0.05, 0) is 24.8 Å². The number of aryl methyl sites for hydroxylation is 2. The van der Waals surface area contributed by atoms with E-state index in [1.807, 2.05) is 29.8 Å². The molecular weight excluding hydrogens is 210 g/mol. The highest BCUT2D eigenvalue weighted by molar-refractivity contribution is 6.31. The average Bonchev–Trinajstić information content (AvgIpc) is 2.67. The topological polar surface area (TPSA) is 22.6 Å². The summed E-state index contributed by atoms with van der Waals surface area (Å²) in [5.74, 6) is 0. The molecule has 3 aromatic rings.